The van der Waals surface area contributed by atoms with E-state index in [1.807, 2.05) is 0 Å². The molecule has 14 heavy (non-hydrogen) atoms. The molecule has 0 spiro atoms. The summed E-state index contributed by atoms with van der Waals surface area (Å²) in [5, 5.41) is 6.45. The zero-order valence-corrected chi connectivity index (χ0v) is 8.03. The van der Waals surface area contributed by atoms with Crippen molar-refractivity contribution < 1.29 is 9.32 Å². The number of hydrogen-bond acceptors (Lipinski definition) is 3. The Morgan fingerprint density at radius 1 is 1.43 bits per heavy atom. The Labute approximate surface area is 82.7 Å². The lowest BCUT2D eigenvalue weighted by atomic mass is 9.95. The summed E-state index contributed by atoms with van der Waals surface area (Å²) < 4.78 is 4.77. The van der Waals surface area contributed by atoms with Crippen LogP contribution in [-0.2, 0) is 0 Å². The van der Waals surface area contributed by atoms with Gasteiger partial charge in [0.05, 0.1) is 6.20 Å². The second-order valence-corrected chi connectivity index (χ2v) is 3.69. The second kappa shape index (κ2) is 4.26. The smallest absolute Gasteiger partial charge is 0.290 e. The molecule has 0 radical (unpaired) electrons. The van der Waals surface area contributed by atoms with Crippen LogP contribution in [0.25, 0.3) is 0 Å². The lowest BCUT2D eigenvalue weighted by molar-refractivity contribution is 0.0890. The highest BCUT2D eigenvalue weighted by atomic mass is 16.5. The summed E-state index contributed by atoms with van der Waals surface area (Å²) in [7, 11) is 0. The maximum absolute atomic E-state index is 11.5. The Bertz CT molecular complexity index is 289. The lowest BCUT2D eigenvalue weighted by Crippen LogP contribution is -2.35. The first kappa shape index (κ1) is 9.24. The fourth-order valence-electron chi connectivity index (χ4n) is 1.84. The van der Waals surface area contributed by atoms with Crippen molar-refractivity contribution in [1.82, 2.24) is 10.5 Å². The minimum Gasteiger partial charge on any atom is -0.351 e. The molecule has 1 aliphatic carbocycles. The molecule has 4 nitrogen and oxygen atoms in total. The van der Waals surface area contributed by atoms with Gasteiger partial charge in [-0.15, -0.1) is 0 Å². The summed E-state index contributed by atoms with van der Waals surface area (Å²) in [5.41, 5.74) is 0. The number of rotatable bonds is 2. The van der Waals surface area contributed by atoms with Crippen molar-refractivity contribution in [3.8, 4) is 0 Å². The molecule has 0 aromatic carbocycles. The number of carbonyl (C=O) groups excluding carboxylic acids is 1. The Kier molecular flexibility index (Phi) is 2.81. The Hall–Kier alpha value is -1.32. The predicted molar refractivity (Wildman–Crippen MR) is 50.8 cm³/mol. The molecule has 1 aromatic rings. The fraction of sp³-hybridized carbons (Fsp3) is 0.600. The normalized spacial score (nSPS) is 18.0. The van der Waals surface area contributed by atoms with Gasteiger partial charge in [-0.2, -0.15) is 0 Å². The van der Waals surface area contributed by atoms with E-state index in [1.54, 1.807) is 6.07 Å². The van der Waals surface area contributed by atoms with E-state index in [4.69, 9.17) is 4.52 Å². The van der Waals surface area contributed by atoms with Crippen LogP contribution < -0.4 is 5.32 Å². The van der Waals surface area contributed by atoms with Gasteiger partial charge in [0.25, 0.3) is 5.91 Å². The standard InChI is InChI=1S/C10H14N2O2/c13-10(9-6-7-11-14-9)12-8-4-2-1-3-5-8/h6-8H,1-5H2,(H,12,13). The van der Waals surface area contributed by atoms with E-state index in [0.717, 1.165) is 12.8 Å². The molecule has 1 saturated carbocycles. The number of aromatic nitrogens is 1. The molecule has 0 bridgehead atoms. The van der Waals surface area contributed by atoms with Crippen molar-refractivity contribution >= 4 is 5.91 Å². The average Bonchev–Trinajstić information content (AvgIpc) is 2.72. The number of carbonyl (C=O) groups is 1. The summed E-state index contributed by atoms with van der Waals surface area (Å²) in [5.74, 6) is 0.157. The molecule has 0 unspecified atom stereocenters. The molecule has 0 aliphatic heterocycles. The van der Waals surface area contributed by atoms with Crippen molar-refractivity contribution in [2.24, 2.45) is 0 Å². The fourth-order valence-corrected chi connectivity index (χ4v) is 1.84. The van der Waals surface area contributed by atoms with Crippen molar-refractivity contribution in [2.45, 2.75) is 38.1 Å². The van der Waals surface area contributed by atoms with Gasteiger partial charge in [-0.1, -0.05) is 24.4 Å². The topological polar surface area (TPSA) is 55.1 Å². The van der Waals surface area contributed by atoms with Crippen LogP contribution >= 0.6 is 0 Å². The van der Waals surface area contributed by atoms with Crippen LogP contribution in [-0.4, -0.2) is 17.1 Å². The highest BCUT2D eigenvalue weighted by Gasteiger charge is 2.18. The van der Waals surface area contributed by atoms with Gasteiger partial charge in [0.2, 0.25) is 5.76 Å². The molecule has 1 aromatic heterocycles. The maximum atomic E-state index is 11.5. The number of nitrogens with zero attached hydrogens (tertiary/aromatic N) is 1. The summed E-state index contributed by atoms with van der Waals surface area (Å²) >= 11 is 0. The van der Waals surface area contributed by atoms with Gasteiger partial charge in [0, 0.05) is 12.1 Å². The SMILES string of the molecule is O=C(NC1CCCCC1)c1ccno1. The van der Waals surface area contributed by atoms with Gasteiger partial charge < -0.3 is 9.84 Å². The minimum absolute atomic E-state index is 0.144. The largest absolute Gasteiger partial charge is 0.351 e. The van der Waals surface area contributed by atoms with E-state index in [2.05, 4.69) is 10.5 Å². The third-order valence-electron chi connectivity index (χ3n) is 2.60. The van der Waals surface area contributed by atoms with Gasteiger partial charge in [0.15, 0.2) is 0 Å². The monoisotopic (exact) mass is 194 g/mol. The first-order valence-corrected chi connectivity index (χ1v) is 5.08. The van der Waals surface area contributed by atoms with E-state index in [9.17, 15) is 4.79 Å². The zero-order chi connectivity index (χ0) is 9.80. The molecule has 0 saturated heterocycles. The van der Waals surface area contributed by atoms with Gasteiger partial charge in [0.1, 0.15) is 0 Å². The Balaban J connectivity index is 1.87. The zero-order valence-electron chi connectivity index (χ0n) is 8.03. The molecular weight excluding hydrogens is 180 g/mol. The molecule has 2 rings (SSSR count). The van der Waals surface area contributed by atoms with Crippen molar-refractivity contribution in [2.75, 3.05) is 0 Å². The summed E-state index contributed by atoms with van der Waals surface area (Å²) in [6.45, 7) is 0. The Morgan fingerprint density at radius 3 is 2.86 bits per heavy atom. The Morgan fingerprint density at radius 2 is 2.21 bits per heavy atom. The van der Waals surface area contributed by atoms with Crippen molar-refractivity contribution in [1.29, 1.82) is 0 Å². The van der Waals surface area contributed by atoms with Crippen LogP contribution in [0.3, 0.4) is 0 Å². The number of nitrogens with one attached hydrogen (secondary N) is 1. The third kappa shape index (κ3) is 2.13. The van der Waals surface area contributed by atoms with E-state index in [0.29, 0.717) is 11.8 Å². The van der Waals surface area contributed by atoms with Crippen LogP contribution in [0, 0.1) is 0 Å². The second-order valence-electron chi connectivity index (χ2n) is 3.69. The van der Waals surface area contributed by atoms with E-state index in [-0.39, 0.29) is 5.91 Å². The molecular formula is C10H14N2O2. The van der Waals surface area contributed by atoms with E-state index >= 15 is 0 Å². The highest BCUT2D eigenvalue weighted by molar-refractivity contribution is 5.91. The lowest BCUT2D eigenvalue weighted by Gasteiger charge is -2.21. The van der Waals surface area contributed by atoms with Crippen LogP contribution in [0.5, 0.6) is 0 Å². The molecule has 1 N–H and O–H groups in total. The molecule has 1 aliphatic rings. The van der Waals surface area contributed by atoms with Crippen LogP contribution in [0.15, 0.2) is 16.8 Å². The average molecular weight is 194 g/mol. The molecule has 0 atom stereocenters. The highest BCUT2D eigenvalue weighted by Crippen LogP contribution is 2.17. The molecule has 76 valence electrons. The predicted octanol–water partition coefficient (Wildman–Crippen LogP) is 1.74. The number of hydrogen-bond donors (Lipinski definition) is 1. The summed E-state index contributed by atoms with van der Waals surface area (Å²) in [6, 6.07) is 1.90. The molecule has 1 fully saturated rings. The van der Waals surface area contributed by atoms with Crippen molar-refractivity contribution in [3.63, 3.8) is 0 Å². The summed E-state index contributed by atoms with van der Waals surface area (Å²) in [6.07, 6.45) is 7.35. The van der Waals surface area contributed by atoms with Crippen LogP contribution in [0.2, 0.25) is 0 Å². The van der Waals surface area contributed by atoms with Crippen molar-refractivity contribution in [3.05, 3.63) is 18.0 Å². The number of amides is 1. The molecule has 4 heteroatoms. The first-order chi connectivity index (χ1) is 6.86. The quantitative estimate of drug-likeness (QED) is 0.780. The van der Waals surface area contributed by atoms with Crippen LogP contribution in [0.4, 0.5) is 0 Å². The van der Waals surface area contributed by atoms with Gasteiger partial charge in [-0.05, 0) is 12.8 Å². The van der Waals surface area contributed by atoms with Gasteiger partial charge in [-0.3, -0.25) is 4.79 Å². The van der Waals surface area contributed by atoms with Crippen LogP contribution in [0.1, 0.15) is 42.7 Å². The minimum atomic E-state index is -0.144. The van der Waals surface area contributed by atoms with E-state index in [1.165, 1.54) is 25.5 Å². The van der Waals surface area contributed by atoms with Gasteiger partial charge >= 0.3 is 0 Å². The van der Waals surface area contributed by atoms with Gasteiger partial charge in [-0.25, -0.2) is 0 Å². The summed E-state index contributed by atoms with van der Waals surface area (Å²) in [4.78, 5) is 11.5. The molecule has 1 amide bonds. The van der Waals surface area contributed by atoms with E-state index < -0.39 is 0 Å². The third-order valence-corrected chi connectivity index (χ3v) is 2.60. The maximum Gasteiger partial charge on any atom is 0.290 e. The first-order valence-electron chi connectivity index (χ1n) is 5.08. The molecule has 1 heterocycles.